The lowest BCUT2D eigenvalue weighted by Gasteiger charge is -2.35. The van der Waals surface area contributed by atoms with Gasteiger partial charge in [-0.3, -0.25) is 34.3 Å². The quantitative estimate of drug-likeness (QED) is 0.593. The maximum Gasteiger partial charge on any atom is 0.410 e. The van der Waals surface area contributed by atoms with Crippen molar-refractivity contribution in [2.45, 2.75) is 45.3 Å². The van der Waals surface area contributed by atoms with Gasteiger partial charge in [-0.15, -0.1) is 0 Å². The molecule has 4 rings (SSSR count). The van der Waals surface area contributed by atoms with Crippen LogP contribution in [0.4, 0.5) is 10.5 Å². The molecule has 0 aromatic heterocycles. The first-order chi connectivity index (χ1) is 16.5. The van der Waals surface area contributed by atoms with Gasteiger partial charge >= 0.3 is 6.09 Å². The van der Waals surface area contributed by atoms with Crippen LogP contribution < -0.4 is 10.6 Å². The highest BCUT2D eigenvalue weighted by molar-refractivity contribution is 6.25. The van der Waals surface area contributed by atoms with Gasteiger partial charge in [-0.05, 0) is 39.3 Å². The van der Waals surface area contributed by atoms with E-state index >= 15 is 0 Å². The highest BCUT2D eigenvalue weighted by Crippen LogP contribution is 2.32. The molecule has 11 nitrogen and oxygen atoms in total. The van der Waals surface area contributed by atoms with E-state index in [0.29, 0.717) is 45.0 Å². The minimum absolute atomic E-state index is 0.0795. The molecule has 1 aromatic carbocycles. The number of hydrogen-bond donors (Lipinski definition) is 2. The predicted octanol–water partition coefficient (Wildman–Crippen LogP) is 1.05. The fraction of sp³-hybridized carbons (Fsp3) is 0.542. The molecule has 2 N–H and O–H groups in total. The smallest absolute Gasteiger partial charge is 0.410 e. The van der Waals surface area contributed by atoms with Crippen LogP contribution in [0.15, 0.2) is 18.2 Å². The van der Waals surface area contributed by atoms with E-state index in [9.17, 15) is 24.0 Å². The molecule has 0 bridgehead atoms. The van der Waals surface area contributed by atoms with Crippen molar-refractivity contribution in [1.29, 1.82) is 0 Å². The van der Waals surface area contributed by atoms with Gasteiger partial charge in [-0.25, -0.2) is 4.79 Å². The Morgan fingerprint density at radius 2 is 1.80 bits per heavy atom. The zero-order chi connectivity index (χ0) is 25.3. The Hall–Kier alpha value is -3.47. The fourth-order valence-electron chi connectivity index (χ4n) is 4.49. The normalized spacial score (nSPS) is 21.2. The molecule has 1 aromatic rings. The number of carbonyl (C=O) groups excluding carboxylic acids is 5. The Bertz CT molecular complexity index is 1060. The van der Waals surface area contributed by atoms with E-state index in [1.807, 2.05) is 20.8 Å². The van der Waals surface area contributed by atoms with Gasteiger partial charge in [0.1, 0.15) is 11.6 Å². The van der Waals surface area contributed by atoms with Gasteiger partial charge < -0.3 is 15.0 Å². The van der Waals surface area contributed by atoms with Crippen molar-refractivity contribution >= 4 is 35.4 Å². The van der Waals surface area contributed by atoms with E-state index in [2.05, 4.69) is 15.5 Å². The van der Waals surface area contributed by atoms with Gasteiger partial charge in [0.15, 0.2) is 0 Å². The summed E-state index contributed by atoms with van der Waals surface area (Å²) < 4.78 is 5.43. The Morgan fingerprint density at radius 1 is 1.09 bits per heavy atom. The van der Waals surface area contributed by atoms with Crippen LogP contribution in [0.3, 0.4) is 0 Å². The molecule has 0 spiro atoms. The summed E-state index contributed by atoms with van der Waals surface area (Å²) in [5, 5.41) is 5.45. The summed E-state index contributed by atoms with van der Waals surface area (Å²) in [6.07, 6.45) is -0.108. The SMILES string of the molecule is CC(C)(C)OC(=O)N1CCN(CCNc2cccc3c2C(=O)N(C2CCC(=O)NC2=O)C3=O)CC1. The summed E-state index contributed by atoms with van der Waals surface area (Å²) in [6.45, 7) is 9.30. The number of rotatable bonds is 5. The lowest BCUT2D eigenvalue weighted by Crippen LogP contribution is -2.54. The van der Waals surface area contributed by atoms with Crippen molar-refractivity contribution in [3.05, 3.63) is 29.3 Å². The number of benzene rings is 1. The number of anilines is 1. The summed E-state index contributed by atoms with van der Waals surface area (Å²) in [5.74, 6) is -2.09. The van der Waals surface area contributed by atoms with E-state index in [-0.39, 0.29) is 30.1 Å². The molecule has 0 aliphatic carbocycles. The first-order valence-electron chi connectivity index (χ1n) is 11.8. The van der Waals surface area contributed by atoms with Crippen LogP contribution in [0.5, 0.6) is 0 Å². The first kappa shape index (κ1) is 24.6. The maximum atomic E-state index is 13.2. The van der Waals surface area contributed by atoms with Gasteiger partial charge in [0.05, 0.1) is 11.1 Å². The topological polar surface area (TPSA) is 128 Å². The minimum atomic E-state index is -0.991. The van der Waals surface area contributed by atoms with Crippen molar-refractivity contribution in [3.63, 3.8) is 0 Å². The third-order valence-corrected chi connectivity index (χ3v) is 6.24. The molecular formula is C24H31N5O6. The third-order valence-electron chi connectivity index (χ3n) is 6.24. The Morgan fingerprint density at radius 3 is 2.46 bits per heavy atom. The maximum absolute atomic E-state index is 13.2. The van der Waals surface area contributed by atoms with Crippen molar-refractivity contribution < 1.29 is 28.7 Å². The average Bonchev–Trinajstić information content (AvgIpc) is 3.04. The zero-order valence-corrected chi connectivity index (χ0v) is 20.3. The van der Waals surface area contributed by atoms with Gasteiger partial charge in [-0.1, -0.05) is 6.07 Å². The van der Waals surface area contributed by atoms with Crippen LogP contribution in [0.1, 0.15) is 54.3 Å². The number of piperidine rings is 1. The number of piperazine rings is 1. The molecule has 1 atom stereocenters. The predicted molar refractivity (Wildman–Crippen MR) is 126 cm³/mol. The molecule has 3 heterocycles. The molecule has 0 radical (unpaired) electrons. The van der Waals surface area contributed by atoms with Crippen LogP contribution in [0.25, 0.3) is 0 Å². The van der Waals surface area contributed by atoms with Crippen molar-refractivity contribution in [2.75, 3.05) is 44.6 Å². The molecule has 0 saturated carbocycles. The molecule has 5 amide bonds. The molecule has 3 aliphatic heterocycles. The number of amides is 5. The summed E-state index contributed by atoms with van der Waals surface area (Å²) in [6, 6.07) is 4.01. The summed E-state index contributed by atoms with van der Waals surface area (Å²) in [7, 11) is 0. The number of nitrogens with zero attached hydrogens (tertiary/aromatic N) is 3. The molecule has 35 heavy (non-hydrogen) atoms. The Labute approximate surface area is 203 Å². The number of hydrogen-bond acceptors (Lipinski definition) is 8. The van der Waals surface area contributed by atoms with E-state index in [4.69, 9.17) is 4.74 Å². The van der Waals surface area contributed by atoms with Crippen LogP contribution in [0.2, 0.25) is 0 Å². The molecule has 2 saturated heterocycles. The summed E-state index contributed by atoms with van der Waals surface area (Å²) in [4.78, 5) is 66.9. The fourth-order valence-corrected chi connectivity index (χ4v) is 4.49. The Kier molecular flexibility index (Phi) is 6.79. The van der Waals surface area contributed by atoms with Crippen LogP contribution >= 0.6 is 0 Å². The van der Waals surface area contributed by atoms with Crippen molar-refractivity contribution in [3.8, 4) is 0 Å². The van der Waals surface area contributed by atoms with E-state index in [1.54, 1.807) is 23.1 Å². The lowest BCUT2D eigenvalue weighted by molar-refractivity contribution is -0.136. The van der Waals surface area contributed by atoms with Gasteiger partial charge in [0, 0.05) is 51.4 Å². The highest BCUT2D eigenvalue weighted by atomic mass is 16.6. The number of fused-ring (bicyclic) bond motifs is 1. The molecule has 1 unspecified atom stereocenters. The van der Waals surface area contributed by atoms with Gasteiger partial charge in [0.2, 0.25) is 11.8 Å². The van der Waals surface area contributed by atoms with Crippen molar-refractivity contribution in [2.24, 2.45) is 0 Å². The van der Waals surface area contributed by atoms with Gasteiger partial charge in [0.25, 0.3) is 11.8 Å². The van der Waals surface area contributed by atoms with Crippen LogP contribution in [-0.4, -0.2) is 95.3 Å². The molecule has 3 aliphatic rings. The van der Waals surface area contributed by atoms with E-state index in [0.717, 1.165) is 4.90 Å². The first-order valence-corrected chi connectivity index (χ1v) is 11.8. The number of nitrogens with one attached hydrogen (secondary N) is 2. The monoisotopic (exact) mass is 485 g/mol. The van der Waals surface area contributed by atoms with Crippen LogP contribution in [-0.2, 0) is 14.3 Å². The average molecular weight is 486 g/mol. The van der Waals surface area contributed by atoms with Gasteiger partial charge in [-0.2, -0.15) is 0 Å². The second-order valence-electron chi connectivity index (χ2n) is 9.91. The molecule has 2 fully saturated rings. The number of carbonyl (C=O) groups is 5. The van der Waals surface area contributed by atoms with E-state index < -0.39 is 35.3 Å². The second kappa shape index (κ2) is 9.65. The molecular weight excluding hydrogens is 454 g/mol. The summed E-state index contributed by atoms with van der Waals surface area (Å²) in [5.41, 5.74) is 0.497. The standard InChI is InChI=1S/C24H31N5O6/c1-24(2,3)35-23(34)28-13-11-27(12-14-28)10-9-25-16-6-4-5-15-19(16)22(33)29(21(15)32)17-7-8-18(30)26-20(17)31/h4-6,17,25H,7-14H2,1-3H3,(H,26,30,31). The summed E-state index contributed by atoms with van der Waals surface area (Å²) >= 11 is 0. The van der Waals surface area contributed by atoms with Crippen molar-refractivity contribution in [1.82, 2.24) is 20.0 Å². The second-order valence-corrected chi connectivity index (χ2v) is 9.91. The highest BCUT2D eigenvalue weighted by Gasteiger charge is 2.45. The zero-order valence-electron chi connectivity index (χ0n) is 20.3. The van der Waals surface area contributed by atoms with E-state index in [1.165, 1.54) is 0 Å². The number of ether oxygens (including phenoxy) is 1. The largest absolute Gasteiger partial charge is 0.444 e. The van der Waals surface area contributed by atoms with Crippen LogP contribution in [0, 0.1) is 0 Å². The molecule has 188 valence electrons. The lowest BCUT2D eigenvalue weighted by atomic mass is 10.0. The number of imide groups is 2. The Balaban J connectivity index is 1.33. The minimum Gasteiger partial charge on any atom is -0.444 e. The third kappa shape index (κ3) is 5.29. The molecule has 11 heteroatoms.